The van der Waals surface area contributed by atoms with Crippen LogP contribution in [0.5, 0.6) is 0 Å². The molecule has 2 aromatic carbocycles. The summed E-state index contributed by atoms with van der Waals surface area (Å²) < 4.78 is 0. The number of aryl methyl sites for hydroxylation is 2. The maximum atomic E-state index is 10.8. The van der Waals surface area contributed by atoms with Gasteiger partial charge in [0.2, 0.25) is 0 Å². The zero-order valence-corrected chi connectivity index (χ0v) is 26.0. The van der Waals surface area contributed by atoms with E-state index in [0.29, 0.717) is 0 Å². The highest BCUT2D eigenvalue weighted by Crippen LogP contribution is 2.22. The van der Waals surface area contributed by atoms with Gasteiger partial charge >= 0.3 is 0 Å². The van der Waals surface area contributed by atoms with E-state index in [-0.39, 0.29) is 26.3 Å². The van der Waals surface area contributed by atoms with Gasteiger partial charge in [-0.15, -0.1) is 6.42 Å². The van der Waals surface area contributed by atoms with Crippen molar-refractivity contribution in [2.75, 3.05) is 0 Å². The van der Waals surface area contributed by atoms with Crippen LogP contribution in [0.15, 0.2) is 48.5 Å². The Hall–Kier alpha value is -4.90. The summed E-state index contributed by atoms with van der Waals surface area (Å²) in [7, 11) is 0. The van der Waals surface area contributed by atoms with Gasteiger partial charge < -0.3 is 15.1 Å². The quantitative estimate of drug-likeness (QED) is 0.242. The zero-order chi connectivity index (χ0) is 31.0. The summed E-state index contributed by atoms with van der Waals surface area (Å²) in [6.07, 6.45) is 10.7. The van der Waals surface area contributed by atoms with Crippen molar-refractivity contribution < 1.29 is 25.1 Å². The molecule has 0 aliphatic rings. The van der Waals surface area contributed by atoms with Crippen LogP contribution >= 0.6 is 0 Å². The molecule has 2 rings (SSSR count). The molecule has 0 heterocycles. The summed E-state index contributed by atoms with van der Waals surface area (Å²) in [4.78, 5) is 21.6. The Morgan fingerprint density at radius 1 is 0.643 bits per heavy atom. The average Bonchev–Trinajstić information content (AvgIpc) is 2.97. The summed E-state index contributed by atoms with van der Waals surface area (Å²) in [5.41, 5.74) is 4.74. The van der Waals surface area contributed by atoms with E-state index in [1.165, 1.54) is 22.3 Å². The molecule has 0 saturated heterocycles. The van der Waals surface area contributed by atoms with E-state index in [4.69, 9.17) is 6.42 Å². The minimum atomic E-state index is -0.245. The first kappa shape index (κ1) is 39.2. The molecule has 42 heavy (non-hydrogen) atoms. The van der Waals surface area contributed by atoms with Gasteiger partial charge in [0.25, 0.3) is 0 Å². The van der Waals surface area contributed by atoms with Crippen molar-refractivity contribution in [2.45, 2.75) is 74.1 Å². The number of hydrogen-bond donors (Lipinski definition) is 0. The lowest BCUT2D eigenvalue weighted by atomic mass is 9.85. The molecule has 0 aromatic heterocycles. The van der Waals surface area contributed by atoms with E-state index in [1.54, 1.807) is 6.92 Å². The molecule has 0 aliphatic carbocycles. The Bertz CT molecular complexity index is 1500. The maximum Gasteiger partial charge on any atom is 0.125 e. The second kappa shape index (κ2) is 22.9. The van der Waals surface area contributed by atoms with Crippen molar-refractivity contribution in [3.8, 4) is 71.5 Å². The number of rotatable bonds is 8. The third-order valence-electron chi connectivity index (χ3n) is 5.57. The summed E-state index contributed by atoms with van der Waals surface area (Å²) in [5, 5.41) is 0. The Labute approximate surface area is 265 Å². The fourth-order valence-electron chi connectivity index (χ4n) is 3.39. The van der Waals surface area contributed by atoms with Gasteiger partial charge in [0.05, 0.1) is 0 Å². The van der Waals surface area contributed by atoms with Crippen molar-refractivity contribution >= 4 is 12.6 Å². The molecule has 0 amide bonds. The van der Waals surface area contributed by atoms with Crippen LogP contribution in [0.4, 0.5) is 0 Å². The monoisotopic (exact) mass is 572 g/mol. The number of hydrogen-bond acceptors (Lipinski definition) is 2. The predicted octanol–water partition coefficient (Wildman–Crippen LogP) is 7.59. The highest BCUT2D eigenvalue weighted by Gasteiger charge is 2.18. The molecule has 0 atom stereocenters. The van der Waals surface area contributed by atoms with E-state index in [1.807, 2.05) is 33.8 Å². The van der Waals surface area contributed by atoms with Crippen LogP contribution in [-0.2, 0) is 35.3 Å². The maximum absolute atomic E-state index is 10.8. The number of terminal acetylenes is 1. The van der Waals surface area contributed by atoms with Crippen LogP contribution in [0.2, 0.25) is 0 Å². The topological polar surface area (TPSA) is 65.6 Å². The molecule has 0 spiro atoms. The molecule has 3 nitrogen and oxygen atoms in total. The molecular weight excluding hydrogens is 516 g/mol. The lowest BCUT2D eigenvalue weighted by Crippen LogP contribution is -2.17. The Kier molecular flexibility index (Phi) is 21.4. The van der Waals surface area contributed by atoms with E-state index >= 15 is 0 Å². The standard InChI is InChI=1S/2C13H18O.C13H4.H2O.7H2/c1-4-11-5-7-12(8-6-11)9-13(2,3)10-14;1-4-11-7-5-6-8-12(11)9-13(2,3)10-14;1-3-5-7-9-11-13-12-10-8-6-4-2;;;;;;;;/h2*5-8,10H,4,9H2,1-3H3;1H,2H3;1H2;7*1H. The van der Waals surface area contributed by atoms with Gasteiger partial charge in [-0.05, 0) is 114 Å². The van der Waals surface area contributed by atoms with Crippen LogP contribution in [-0.4, -0.2) is 18.0 Å². The predicted molar refractivity (Wildman–Crippen MR) is 191 cm³/mol. The third kappa shape index (κ3) is 19.2. The molecular formula is C39H56O3. The molecule has 2 N–H and O–H groups in total. The number of carbonyl (C=O) groups is 2. The second-order valence-corrected chi connectivity index (χ2v) is 10.4. The Morgan fingerprint density at radius 2 is 1.07 bits per heavy atom. The van der Waals surface area contributed by atoms with Gasteiger partial charge in [-0.2, -0.15) is 0 Å². The fourth-order valence-corrected chi connectivity index (χ4v) is 3.39. The molecule has 230 valence electrons. The molecule has 0 unspecified atom stereocenters. The SMILES string of the molecule is C#CC#CC#CC#CC#CC#CC.CCc1ccc(CC(C)(C)C=O)cc1.CCc1ccccc1CC(C)(C)C=O.O.[HH].[HH].[HH].[HH].[HH].[HH].[HH]. The molecule has 2 aromatic rings. The van der Waals surface area contributed by atoms with Crippen LogP contribution in [0.3, 0.4) is 0 Å². The largest absolute Gasteiger partial charge is 0.412 e. The molecule has 0 radical (unpaired) electrons. The van der Waals surface area contributed by atoms with Crippen LogP contribution in [0, 0.1) is 82.4 Å². The van der Waals surface area contributed by atoms with Gasteiger partial charge in [-0.25, -0.2) is 0 Å². The number of aldehydes is 2. The van der Waals surface area contributed by atoms with E-state index in [0.717, 1.165) is 38.3 Å². The Balaban J connectivity index is -0.0000000648. The van der Waals surface area contributed by atoms with Crippen LogP contribution < -0.4 is 0 Å². The zero-order valence-electron chi connectivity index (χ0n) is 26.0. The first-order valence-electron chi connectivity index (χ1n) is 13.5. The molecule has 0 saturated carbocycles. The minimum absolute atomic E-state index is 0. The lowest BCUT2D eigenvalue weighted by molar-refractivity contribution is -0.115. The summed E-state index contributed by atoms with van der Waals surface area (Å²) in [6, 6.07) is 16.8. The normalized spacial score (nSPS) is 8.71. The summed E-state index contributed by atoms with van der Waals surface area (Å²) >= 11 is 0. The summed E-state index contributed by atoms with van der Waals surface area (Å²) in [6.45, 7) is 13.9. The number of benzene rings is 2. The Morgan fingerprint density at radius 3 is 1.50 bits per heavy atom. The van der Waals surface area contributed by atoms with Crippen molar-refractivity contribution in [1.29, 1.82) is 0 Å². The number of carbonyl (C=O) groups excluding carboxylic acids is 2. The van der Waals surface area contributed by atoms with Gasteiger partial charge in [0.15, 0.2) is 0 Å². The third-order valence-corrected chi connectivity index (χ3v) is 5.57. The lowest BCUT2D eigenvalue weighted by Gasteiger charge is -2.18. The highest BCUT2D eigenvalue weighted by atomic mass is 16.1. The van der Waals surface area contributed by atoms with Gasteiger partial charge in [0, 0.05) is 20.8 Å². The average molecular weight is 573 g/mol. The summed E-state index contributed by atoms with van der Waals surface area (Å²) in [5.74, 6) is 26.9. The van der Waals surface area contributed by atoms with Crippen molar-refractivity contribution in [1.82, 2.24) is 0 Å². The first-order valence-corrected chi connectivity index (χ1v) is 13.5. The van der Waals surface area contributed by atoms with E-state index < -0.39 is 0 Å². The van der Waals surface area contributed by atoms with Gasteiger partial charge in [-0.3, -0.25) is 0 Å². The minimum Gasteiger partial charge on any atom is -0.412 e. The van der Waals surface area contributed by atoms with Crippen molar-refractivity contribution in [2.24, 2.45) is 10.8 Å². The van der Waals surface area contributed by atoms with Crippen molar-refractivity contribution in [3.05, 3.63) is 70.8 Å². The smallest absolute Gasteiger partial charge is 0.125 e. The molecule has 0 bridgehead atoms. The van der Waals surface area contributed by atoms with Crippen LogP contribution in [0.1, 0.15) is 80.7 Å². The molecule has 0 aliphatic heterocycles. The highest BCUT2D eigenvalue weighted by molar-refractivity contribution is 5.59. The molecule has 3 heteroatoms. The van der Waals surface area contributed by atoms with E-state index in [9.17, 15) is 9.59 Å². The van der Waals surface area contributed by atoms with Crippen LogP contribution in [0.25, 0.3) is 0 Å². The van der Waals surface area contributed by atoms with Gasteiger partial charge in [0.1, 0.15) is 12.6 Å². The van der Waals surface area contributed by atoms with E-state index in [2.05, 4.69) is 121 Å². The van der Waals surface area contributed by atoms with Gasteiger partial charge in [-0.1, -0.05) is 96.0 Å². The first-order chi connectivity index (χ1) is 19.6. The molecule has 0 fully saturated rings. The fraction of sp³-hybridized carbons (Fsp3) is 0.333. The van der Waals surface area contributed by atoms with Crippen molar-refractivity contribution in [3.63, 3.8) is 0 Å². The second-order valence-electron chi connectivity index (χ2n) is 10.4.